The minimum atomic E-state index is -1.11. The first-order chi connectivity index (χ1) is 20.2. The lowest BCUT2D eigenvalue weighted by Gasteiger charge is -2.32. The van der Waals surface area contributed by atoms with Gasteiger partial charge in [0.2, 0.25) is 5.91 Å². The van der Waals surface area contributed by atoms with Crippen molar-refractivity contribution in [2.75, 3.05) is 53.1 Å². The second kappa shape index (κ2) is 15.8. The van der Waals surface area contributed by atoms with E-state index in [9.17, 15) is 19.2 Å². The normalized spacial score (nSPS) is 18.5. The number of amides is 3. The Morgan fingerprint density at radius 3 is 2.71 bits per heavy atom. The van der Waals surface area contributed by atoms with Crippen molar-refractivity contribution in [3.8, 4) is 5.75 Å². The summed E-state index contributed by atoms with van der Waals surface area (Å²) in [5, 5.41) is 5.61. The minimum absolute atomic E-state index is 0.000947. The number of rotatable bonds is 8. The Morgan fingerprint density at radius 2 is 1.98 bits per heavy atom. The maximum absolute atomic E-state index is 13.5. The first kappa shape index (κ1) is 32.5. The molecule has 1 aromatic carbocycles. The van der Waals surface area contributed by atoms with Crippen molar-refractivity contribution in [3.63, 3.8) is 0 Å². The van der Waals surface area contributed by atoms with E-state index in [1.807, 2.05) is 19.9 Å². The molecular weight excluding hydrogens is 542 g/mol. The van der Waals surface area contributed by atoms with Crippen molar-refractivity contribution in [1.29, 1.82) is 0 Å². The van der Waals surface area contributed by atoms with E-state index in [-0.39, 0.29) is 63.3 Å². The average molecular weight is 584 g/mol. The highest BCUT2D eigenvalue weighted by Crippen LogP contribution is 2.32. The molecule has 0 spiro atoms. The third kappa shape index (κ3) is 9.23. The van der Waals surface area contributed by atoms with Crippen molar-refractivity contribution in [3.05, 3.63) is 53.6 Å². The maximum atomic E-state index is 13.5. The molecule has 228 valence electrons. The molecule has 12 nitrogen and oxygen atoms in total. The van der Waals surface area contributed by atoms with Crippen LogP contribution in [0.2, 0.25) is 0 Å². The summed E-state index contributed by atoms with van der Waals surface area (Å²) < 4.78 is 16.5. The summed E-state index contributed by atoms with van der Waals surface area (Å²) in [6.07, 6.45) is 2.70. The van der Waals surface area contributed by atoms with Crippen LogP contribution in [0.5, 0.6) is 5.75 Å². The predicted molar refractivity (Wildman–Crippen MR) is 154 cm³/mol. The number of fused-ring (bicyclic) bond motifs is 2. The quantitative estimate of drug-likeness (QED) is 0.351. The van der Waals surface area contributed by atoms with E-state index in [0.29, 0.717) is 31.0 Å². The third-order valence-electron chi connectivity index (χ3n) is 6.88. The molecule has 0 fully saturated rings. The van der Waals surface area contributed by atoms with Crippen LogP contribution in [0.1, 0.15) is 61.4 Å². The van der Waals surface area contributed by atoms with E-state index in [2.05, 4.69) is 20.6 Å². The van der Waals surface area contributed by atoms with E-state index in [0.717, 1.165) is 5.56 Å². The molecule has 3 amide bonds. The molecule has 1 aliphatic heterocycles. The van der Waals surface area contributed by atoms with Gasteiger partial charge in [0, 0.05) is 45.5 Å². The fourth-order valence-corrected chi connectivity index (χ4v) is 4.67. The Labute approximate surface area is 246 Å². The van der Waals surface area contributed by atoms with Gasteiger partial charge in [-0.1, -0.05) is 26.0 Å². The number of esters is 1. The molecule has 0 radical (unpaired) electrons. The number of benzene rings is 1. The van der Waals surface area contributed by atoms with Gasteiger partial charge in [-0.2, -0.15) is 0 Å². The van der Waals surface area contributed by atoms with Crippen LogP contribution in [0, 0.1) is 5.41 Å². The summed E-state index contributed by atoms with van der Waals surface area (Å²) in [5.41, 5.74) is -0.184. The molecule has 2 aromatic rings. The van der Waals surface area contributed by atoms with Crippen molar-refractivity contribution in [2.45, 2.75) is 46.0 Å². The molecule has 2 heterocycles. The first-order valence-electron chi connectivity index (χ1n) is 14.2. The topological polar surface area (TPSA) is 149 Å². The number of hydrogen-bond donors (Lipinski definition) is 2. The molecule has 0 saturated carbocycles. The fourth-order valence-electron chi connectivity index (χ4n) is 4.67. The van der Waals surface area contributed by atoms with Crippen molar-refractivity contribution >= 4 is 23.7 Å². The van der Waals surface area contributed by atoms with E-state index >= 15 is 0 Å². The summed E-state index contributed by atoms with van der Waals surface area (Å²) in [7, 11) is 1.59. The van der Waals surface area contributed by atoms with Crippen molar-refractivity contribution in [2.24, 2.45) is 5.41 Å². The monoisotopic (exact) mass is 583 g/mol. The molecule has 12 heteroatoms. The second-order valence-corrected chi connectivity index (χ2v) is 10.5. The minimum Gasteiger partial charge on any atom is -0.484 e. The number of methoxy groups -OCH3 is 1. The van der Waals surface area contributed by atoms with Crippen LogP contribution in [0.15, 0.2) is 36.5 Å². The second-order valence-electron chi connectivity index (χ2n) is 10.5. The van der Waals surface area contributed by atoms with Gasteiger partial charge >= 0.3 is 5.97 Å². The van der Waals surface area contributed by atoms with Gasteiger partial charge in [-0.25, -0.2) is 9.97 Å². The molecule has 2 bridgehead atoms. The molecule has 1 aromatic heterocycles. The third-order valence-corrected chi connectivity index (χ3v) is 6.88. The van der Waals surface area contributed by atoms with Crippen LogP contribution in [0.25, 0.3) is 0 Å². The predicted octanol–water partition coefficient (Wildman–Crippen LogP) is 1.89. The van der Waals surface area contributed by atoms with E-state index in [1.54, 1.807) is 32.2 Å². The Morgan fingerprint density at radius 1 is 1.17 bits per heavy atom. The van der Waals surface area contributed by atoms with Crippen LogP contribution >= 0.6 is 0 Å². The molecule has 1 aliphatic rings. The van der Waals surface area contributed by atoms with E-state index in [1.165, 1.54) is 17.2 Å². The van der Waals surface area contributed by atoms with Crippen LogP contribution in [-0.4, -0.2) is 91.7 Å². The van der Waals surface area contributed by atoms with Crippen molar-refractivity contribution in [1.82, 2.24) is 25.5 Å². The Bertz CT molecular complexity index is 1240. The molecule has 1 unspecified atom stereocenters. The summed E-state index contributed by atoms with van der Waals surface area (Å²) in [5.74, 6) is -0.790. The van der Waals surface area contributed by atoms with Crippen LogP contribution < -0.4 is 15.4 Å². The van der Waals surface area contributed by atoms with Gasteiger partial charge in [0.15, 0.2) is 6.61 Å². The molecule has 2 N–H and O–H groups in total. The average Bonchev–Trinajstić information content (AvgIpc) is 2.98. The largest absolute Gasteiger partial charge is 0.484 e. The highest BCUT2D eigenvalue weighted by Gasteiger charge is 2.40. The molecule has 0 saturated heterocycles. The number of nitrogens with one attached hydrogen (secondary N) is 2. The van der Waals surface area contributed by atoms with Crippen LogP contribution in [0.4, 0.5) is 0 Å². The lowest BCUT2D eigenvalue weighted by atomic mass is 9.77. The van der Waals surface area contributed by atoms with E-state index < -0.39 is 23.2 Å². The van der Waals surface area contributed by atoms with Gasteiger partial charge in [-0.15, -0.1) is 0 Å². The highest BCUT2D eigenvalue weighted by molar-refractivity contribution is 5.95. The number of carbonyl (C=O) groups is 4. The van der Waals surface area contributed by atoms with Gasteiger partial charge in [-0.05, 0) is 49.9 Å². The molecule has 3 rings (SSSR count). The van der Waals surface area contributed by atoms with Gasteiger partial charge in [0.1, 0.15) is 17.3 Å². The number of ether oxygens (including phenoxy) is 3. The Hall–Kier alpha value is -4.06. The van der Waals surface area contributed by atoms with Gasteiger partial charge in [0.05, 0.1) is 18.6 Å². The summed E-state index contributed by atoms with van der Waals surface area (Å²) in [6.45, 7) is 5.75. The number of carbonyl (C=O) groups excluding carboxylic acids is 4. The number of hydrogen-bond acceptors (Lipinski definition) is 9. The van der Waals surface area contributed by atoms with Gasteiger partial charge in [0.25, 0.3) is 11.8 Å². The zero-order valence-corrected chi connectivity index (χ0v) is 24.8. The lowest BCUT2D eigenvalue weighted by molar-refractivity contribution is -0.156. The van der Waals surface area contributed by atoms with Crippen molar-refractivity contribution < 1.29 is 33.4 Å². The SMILES string of the molecule is CCOC(=O)C1(CCCOC)CNC(=O)CN(C(=O)c2ccnc(C(C)C)n2)CCNC(=O)COc2cccc(c2)C1. The number of nitrogens with zero attached hydrogens (tertiary/aromatic N) is 3. The van der Waals surface area contributed by atoms with Crippen LogP contribution in [0.3, 0.4) is 0 Å². The first-order valence-corrected chi connectivity index (χ1v) is 14.2. The zero-order chi connectivity index (χ0) is 30.5. The summed E-state index contributed by atoms with van der Waals surface area (Å²) >= 11 is 0. The smallest absolute Gasteiger partial charge is 0.314 e. The molecular formula is C30H41N5O7. The molecule has 42 heavy (non-hydrogen) atoms. The molecule has 0 aliphatic carbocycles. The van der Waals surface area contributed by atoms with Gasteiger partial charge in [-0.3, -0.25) is 19.2 Å². The zero-order valence-electron chi connectivity index (χ0n) is 24.8. The Balaban J connectivity index is 1.94. The summed E-state index contributed by atoms with van der Waals surface area (Å²) in [4.78, 5) is 62.7. The Kier molecular flexibility index (Phi) is 12.2. The lowest BCUT2D eigenvalue weighted by Crippen LogP contribution is -2.49. The van der Waals surface area contributed by atoms with E-state index in [4.69, 9.17) is 14.2 Å². The fraction of sp³-hybridized carbons (Fsp3) is 0.533. The number of aromatic nitrogens is 2. The highest BCUT2D eigenvalue weighted by atomic mass is 16.5. The van der Waals surface area contributed by atoms with Gasteiger partial charge < -0.3 is 29.7 Å². The van der Waals surface area contributed by atoms with Crippen LogP contribution in [-0.2, 0) is 30.3 Å². The summed E-state index contributed by atoms with van der Waals surface area (Å²) in [6, 6.07) is 8.64. The maximum Gasteiger partial charge on any atom is 0.314 e. The standard InChI is InChI=1S/C30H41N5O7/c1-5-41-29(39)30(11-7-15-40-4)17-22-8-6-9-23(16-22)42-19-26(37)31-13-14-35(18-25(36)33-20-30)28(38)24-10-12-32-27(34-24)21(2)3/h6,8-10,12,16,21H,5,7,11,13-15,17-20H2,1-4H3,(H,31,37)(H,33,36). The molecule has 1 atom stereocenters.